The van der Waals surface area contributed by atoms with Crippen LogP contribution in [0.2, 0.25) is 0 Å². The van der Waals surface area contributed by atoms with E-state index in [9.17, 15) is 8.78 Å². The summed E-state index contributed by atoms with van der Waals surface area (Å²) in [6.07, 6.45) is 1.66. The third kappa shape index (κ3) is 3.71. The molecule has 0 fully saturated rings. The van der Waals surface area contributed by atoms with Gasteiger partial charge in [0.15, 0.2) is 10.2 Å². The molecule has 2 aromatic rings. The Bertz CT molecular complexity index is 567. The Kier molecular flexibility index (Phi) is 4.97. The molecule has 106 valence electrons. The maximum Gasteiger partial charge on any atom is 0.188 e. The van der Waals surface area contributed by atoms with Crippen molar-refractivity contribution in [3.05, 3.63) is 47.0 Å². The van der Waals surface area contributed by atoms with Crippen LogP contribution >= 0.6 is 23.6 Å². The first kappa shape index (κ1) is 14.8. The lowest BCUT2D eigenvalue weighted by molar-refractivity contribution is 0.529. The summed E-state index contributed by atoms with van der Waals surface area (Å²) >= 11 is 6.51. The number of anilines is 1. The van der Waals surface area contributed by atoms with Gasteiger partial charge < -0.3 is 10.6 Å². The molecule has 1 unspecified atom stereocenters. The molecule has 1 heterocycles. The first-order chi connectivity index (χ1) is 9.58. The highest BCUT2D eigenvalue weighted by molar-refractivity contribution is 7.80. The van der Waals surface area contributed by atoms with Crippen LogP contribution in [0.1, 0.15) is 18.4 Å². The molecule has 0 radical (unpaired) electrons. The van der Waals surface area contributed by atoms with Crippen molar-refractivity contribution in [3.8, 4) is 0 Å². The molecule has 0 spiro atoms. The minimum atomic E-state index is -0.543. The van der Waals surface area contributed by atoms with Crippen LogP contribution in [-0.4, -0.2) is 16.6 Å². The van der Waals surface area contributed by atoms with Crippen molar-refractivity contribution in [1.29, 1.82) is 0 Å². The number of nitrogens with one attached hydrogen (secondary N) is 2. The summed E-state index contributed by atoms with van der Waals surface area (Å²) in [5.74, 6) is -1.43. The van der Waals surface area contributed by atoms with Crippen molar-refractivity contribution in [2.75, 3.05) is 11.9 Å². The lowest BCUT2D eigenvalue weighted by Gasteiger charge is -2.16. The zero-order chi connectivity index (χ0) is 14.5. The molecular weight excluding hydrogens is 300 g/mol. The van der Waals surface area contributed by atoms with Crippen molar-refractivity contribution in [3.63, 3.8) is 0 Å². The Labute approximate surface area is 125 Å². The normalized spacial score (nSPS) is 11.9. The van der Waals surface area contributed by atoms with Crippen LogP contribution in [-0.2, 0) is 0 Å². The van der Waals surface area contributed by atoms with Crippen LogP contribution in [0.3, 0.4) is 0 Å². The molecule has 1 atom stereocenters. The summed E-state index contributed by atoms with van der Waals surface area (Å²) in [7, 11) is 0. The quantitative estimate of drug-likeness (QED) is 0.847. The average molecular weight is 313 g/mol. The second kappa shape index (κ2) is 6.71. The second-order valence-corrected chi connectivity index (χ2v) is 5.51. The van der Waals surface area contributed by atoms with E-state index >= 15 is 0 Å². The molecule has 20 heavy (non-hydrogen) atoms. The number of rotatable bonds is 4. The van der Waals surface area contributed by atoms with Gasteiger partial charge in [0, 0.05) is 29.6 Å². The molecule has 0 amide bonds. The van der Waals surface area contributed by atoms with Crippen molar-refractivity contribution >= 4 is 33.8 Å². The number of hydrogen-bond acceptors (Lipinski definition) is 3. The Hall–Kier alpha value is -1.60. The third-order valence-corrected chi connectivity index (χ3v) is 3.65. The number of halogens is 2. The third-order valence-electron chi connectivity index (χ3n) is 2.71. The smallest absolute Gasteiger partial charge is 0.188 e. The maximum absolute atomic E-state index is 13.6. The van der Waals surface area contributed by atoms with Crippen LogP contribution in [0.5, 0.6) is 0 Å². The van der Waals surface area contributed by atoms with Gasteiger partial charge in [0.1, 0.15) is 11.6 Å². The fourth-order valence-electron chi connectivity index (χ4n) is 1.76. The molecule has 0 aliphatic rings. The average Bonchev–Trinajstić information content (AvgIpc) is 2.89. The predicted octanol–water partition coefficient (Wildman–Crippen LogP) is 3.51. The van der Waals surface area contributed by atoms with Gasteiger partial charge in [-0.05, 0) is 24.4 Å². The fraction of sp³-hybridized carbons (Fsp3) is 0.231. The van der Waals surface area contributed by atoms with Crippen LogP contribution in [0.15, 0.2) is 29.8 Å². The van der Waals surface area contributed by atoms with Crippen molar-refractivity contribution in [2.45, 2.75) is 12.8 Å². The number of hydrogen-bond donors (Lipinski definition) is 2. The topological polar surface area (TPSA) is 37.0 Å². The zero-order valence-corrected chi connectivity index (χ0v) is 12.3. The van der Waals surface area contributed by atoms with E-state index in [0.29, 0.717) is 16.8 Å². The summed E-state index contributed by atoms with van der Waals surface area (Å²) in [6, 6.07) is 3.85. The number of thiocarbonyl (C=S) groups is 1. The number of aromatic nitrogens is 1. The summed E-state index contributed by atoms with van der Waals surface area (Å²) in [6.45, 7) is 2.07. The first-order valence-electron chi connectivity index (χ1n) is 5.96. The van der Waals surface area contributed by atoms with Gasteiger partial charge in [0.2, 0.25) is 0 Å². The molecular formula is C13H13F2N3S2. The monoisotopic (exact) mass is 313 g/mol. The molecule has 2 N–H and O–H groups in total. The molecule has 7 heteroatoms. The van der Waals surface area contributed by atoms with E-state index in [4.69, 9.17) is 12.2 Å². The number of benzene rings is 1. The van der Waals surface area contributed by atoms with Crippen molar-refractivity contribution in [1.82, 2.24) is 10.3 Å². The minimum Gasteiger partial charge on any atom is -0.362 e. The van der Waals surface area contributed by atoms with Gasteiger partial charge in [-0.2, -0.15) is 0 Å². The molecule has 1 aromatic carbocycles. The van der Waals surface area contributed by atoms with Gasteiger partial charge in [-0.15, -0.1) is 11.3 Å². The lowest BCUT2D eigenvalue weighted by atomic mass is 10.00. The predicted molar refractivity (Wildman–Crippen MR) is 81.1 cm³/mol. The molecule has 0 saturated carbocycles. The standard InChI is InChI=1S/C13H13F2N3S2/c1-8(11-9(14)3-2-4-10(11)15)7-17-12(19)18-13-16-5-6-20-13/h2-6,8H,7H2,1H3,(H2,16,17,18,19). The molecule has 0 aliphatic heterocycles. The van der Waals surface area contributed by atoms with E-state index in [2.05, 4.69) is 15.6 Å². The van der Waals surface area contributed by atoms with Crippen LogP contribution in [0.4, 0.5) is 13.9 Å². The van der Waals surface area contributed by atoms with E-state index in [0.717, 1.165) is 0 Å². The van der Waals surface area contributed by atoms with E-state index in [1.54, 1.807) is 13.1 Å². The van der Waals surface area contributed by atoms with Crippen LogP contribution in [0.25, 0.3) is 0 Å². The van der Waals surface area contributed by atoms with E-state index in [1.165, 1.54) is 29.5 Å². The van der Waals surface area contributed by atoms with Gasteiger partial charge in [0.05, 0.1) is 0 Å². The second-order valence-electron chi connectivity index (χ2n) is 4.21. The Balaban J connectivity index is 1.92. The van der Waals surface area contributed by atoms with Gasteiger partial charge >= 0.3 is 0 Å². The summed E-state index contributed by atoms with van der Waals surface area (Å²) < 4.78 is 27.2. The summed E-state index contributed by atoms with van der Waals surface area (Å²) in [4.78, 5) is 4.03. The molecule has 0 bridgehead atoms. The first-order valence-corrected chi connectivity index (χ1v) is 7.25. The Morgan fingerprint density at radius 3 is 2.70 bits per heavy atom. The maximum atomic E-state index is 13.6. The van der Waals surface area contributed by atoms with Gasteiger partial charge in [-0.3, -0.25) is 0 Å². The van der Waals surface area contributed by atoms with E-state index in [1.807, 2.05) is 5.38 Å². The van der Waals surface area contributed by atoms with E-state index in [-0.39, 0.29) is 11.5 Å². The summed E-state index contributed by atoms with van der Waals surface area (Å²) in [5.41, 5.74) is 0.0667. The Morgan fingerprint density at radius 2 is 2.10 bits per heavy atom. The van der Waals surface area contributed by atoms with Crippen molar-refractivity contribution < 1.29 is 8.78 Å². The highest BCUT2D eigenvalue weighted by Gasteiger charge is 2.16. The van der Waals surface area contributed by atoms with Gasteiger partial charge in [0.25, 0.3) is 0 Å². The molecule has 1 aromatic heterocycles. The zero-order valence-electron chi connectivity index (χ0n) is 10.7. The molecule has 0 saturated heterocycles. The number of thiazole rings is 1. The summed E-state index contributed by atoms with van der Waals surface area (Å²) in [5, 5.41) is 8.70. The SMILES string of the molecule is CC(CNC(=S)Nc1nccs1)c1c(F)cccc1F. The molecule has 2 rings (SSSR count). The van der Waals surface area contributed by atoms with E-state index < -0.39 is 11.6 Å². The van der Waals surface area contributed by atoms with Gasteiger partial charge in [-0.1, -0.05) is 13.0 Å². The van der Waals surface area contributed by atoms with Gasteiger partial charge in [-0.25, -0.2) is 13.8 Å². The van der Waals surface area contributed by atoms with Crippen molar-refractivity contribution in [2.24, 2.45) is 0 Å². The Morgan fingerprint density at radius 1 is 1.40 bits per heavy atom. The number of nitrogens with zero attached hydrogens (tertiary/aromatic N) is 1. The largest absolute Gasteiger partial charge is 0.362 e. The molecule has 0 aliphatic carbocycles. The minimum absolute atomic E-state index is 0.0667. The highest BCUT2D eigenvalue weighted by atomic mass is 32.1. The van der Waals surface area contributed by atoms with Crippen LogP contribution < -0.4 is 10.6 Å². The van der Waals surface area contributed by atoms with Crippen LogP contribution in [0, 0.1) is 11.6 Å². The molecule has 3 nitrogen and oxygen atoms in total. The lowest BCUT2D eigenvalue weighted by Crippen LogP contribution is -2.31. The highest BCUT2D eigenvalue weighted by Crippen LogP contribution is 2.21. The fourth-order valence-corrected chi connectivity index (χ4v) is 2.53.